The number of H-pyrrole nitrogens is 5. The van der Waals surface area contributed by atoms with Crippen LogP contribution < -0.4 is 0 Å². The summed E-state index contributed by atoms with van der Waals surface area (Å²) in [5.41, 5.74) is 21.9. The summed E-state index contributed by atoms with van der Waals surface area (Å²) in [5, 5.41) is 11.4. The number of aryl methyl sites for hydroxylation is 5. The van der Waals surface area contributed by atoms with Crippen molar-refractivity contribution in [1.29, 1.82) is 0 Å². The zero-order valence-corrected chi connectivity index (χ0v) is 86.0. The minimum absolute atomic E-state index is 0.000717. The smallest absolute Gasteiger partial charge is 0.245 e. The Morgan fingerprint density at radius 3 is 0.865 bits per heavy atom. The zero-order chi connectivity index (χ0) is 101. The predicted octanol–water partition coefficient (Wildman–Crippen LogP) is 17.6. The van der Waals surface area contributed by atoms with Gasteiger partial charge in [-0.1, -0.05) is 146 Å². The quantitative estimate of drug-likeness (QED) is 0.108. The summed E-state index contributed by atoms with van der Waals surface area (Å²) in [6, 6.07) is 68.4. The third-order valence-corrected chi connectivity index (χ3v) is 37.5. The molecule has 10 aliphatic rings. The average molecular weight is 2040 g/mol. The minimum atomic E-state index is -0.480. The molecule has 742 valence electrons. The number of carbonyl (C=O) groups excluding carboxylic acids is 10. The van der Waals surface area contributed by atoms with E-state index >= 15 is 0 Å². The number of benzene rings is 8. The van der Waals surface area contributed by atoms with Crippen LogP contribution >= 0.6 is 45.3 Å². The van der Waals surface area contributed by atoms with Crippen LogP contribution in [0.1, 0.15) is 128 Å². The van der Waals surface area contributed by atoms with Crippen LogP contribution in [0.15, 0.2) is 235 Å². The SMILES string of the molecule is CN1CC(=O)N2[C@H](c3cc4ccoc4s3)c3[nH]c4ccccc4c3C[C@@H]2C1=O.CN1CC(=O)N2[C@H](c3cn(C)c4c3ccn4C)c3[nH]c4ccccc4c3C[C@@H]2C1=O.Cc1c([C@@H]2c3[nH]c4ccccc4c3C[C@@H]3C(=O)N(C)CC(=O)N23)sc2ccccc12.Cc1c([C@H]2c3[nH]c4ccccc4c3C[C@@H]3C(=O)N(C)CC(=O)N23)sc2ccccc12.Cc1c([C@H]2c3[nH]c4ccccc4c3C[C@H]3C(=O)N(C)CC(=O)N23)sc2ccccc12. The van der Waals surface area contributed by atoms with Crippen LogP contribution in [0.5, 0.6) is 0 Å². The highest BCUT2D eigenvalue weighted by molar-refractivity contribution is 7.20. The second kappa shape index (κ2) is 34.9. The Kier molecular flexibility index (Phi) is 21.7. The van der Waals surface area contributed by atoms with E-state index in [2.05, 4.69) is 182 Å². The number of nitrogens with one attached hydrogen (secondary N) is 5. The summed E-state index contributed by atoms with van der Waals surface area (Å²) in [6.07, 6.45) is 8.54. The van der Waals surface area contributed by atoms with Gasteiger partial charge in [0.15, 0.2) is 4.90 Å². The molecule has 0 bridgehead atoms. The molecular formula is C116H103N17O11S4. The van der Waals surface area contributed by atoms with E-state index in [0.717, 1.165) is 157 Å². The van der Waals surface area contributed by atoms with Gasteiger partial charge in [0.2, 0.25) is 59.1 Å². The van der Waals surface area contributed by atoms with Crippen molar-refractivity contribution in [3.63, 3.8) is 0 Å². The lowest BCUT2D eigenvalue weighted by molar-refractivity contribution is -0.157. The summed E-state index contributed by atoms with van der Waals surface area (Å²) < 4.78 is 13.4. The van der Waals surface area contributed by atoms with E-state index in [9.17, 15) is 47.9 Å². The molecule has 5 N–H and O–H groups in total. The minimum Gasteiger partial charge on any atom is -0.454 e. The Balaban J connectivity index is 0.0000000936. The van der Waals surface area contributed by atoms with Crippen LogP contribution in [0.3, 0.4) is 0 Å². The van der Waals surface area contributed by atoms with Gasteiger partial charge in [0.1, 0.15) is 66.1 Å². The number of amides is 10. The van der Waals surface area contributed by atoms with E-state index in [0.29, 0.717) is 32.1 Å². The van der Waals surface area contributed by atoms with E-state index in [1.165, 1.54) is 58.3 Å². The van der Waals surface area contributed by atoms with Crippen molar-refractivity contribution in [3.05, 3.63) is 329 Å². The molecule has 20 aromatic rings. The lowest BCUT2D eigenvalue weighted by atomic mass is 9.86. The molecule has 10 aliphatic heterocycles. The van der Waals surface area contributed by atoms with Gasteiger partial charge in [-0.05, 0) is 148 Å². The molecular weight excluding hydrogens is 1940 g/mol. The molecule has 0 spiro atoms. The fourth-order valence-electron chi connectivity index (χ4n) is 25.5. The van der Waals surface area contributed by atoms with Gasteiger partial charge in [0.25, 0.3) is 0 Å². The lowest BCUT2D eigenvalue weighted by Crippen LogP contribution is -2.62. The molecule has 8 aromatic carbocycles. The number of carbonyl (C=O) groups is 10. The molecule has 0 radical (unpaired) electrons. The maximum atomic E-state index is 13.2. The van der Waals surface area contributed by atoms with Gasteiger partial charge in [0, 0.05) is 227 Å². The summed E-state index contributed by atoms with van der Waals surface area (Å²) in [4.78, 5) is 172. The fourth-order valence-corrected chi connectivity index (χ4v) is 30.6. The van der Waals surface area contributed by atoms with Crippen LogP contribution in [0, 0.1) is 20.8 Å². The van der Waals surface area contributed by atoms with Gasteiger partial charge in [-0.25, -0.2) is 0 Å². The summed E-state index contributed by atoms with van der Waals surface area (Å²) in [6.45, 7) is 7.00. The van der Waals surface area contributed by atoms with Crippen molar-refractivity contribution in [2.75, 3.05) is 68.0 Å². The largest absolute Gasteiger partial charge is 0.454 e. The second-order valence-electron chi connectivity index (χ2n) is 40.8. The summed E-state index contributed by atoms with van der Waals surface area (Å²) >= 11 is 6.71. The number of para-hydroxylation sites is 5. The highest BCUT2D eigenvalue weighted by Gasteiger charge is 2.55. The van der Waals surface area contributed by atoms with E-state index in [1.807, 2.05) is 131 Å². The molecule has 0 unspecified atom stereocenters. The number of thiophene rings is 4. The standard InChI is InChI=1S/3C24H21N3O2S.C23H23N5O2.C21H17N3O3S/c3*1-13-14-7-4-6-10-19(14)30-23(13)22-21-16(15-8-3-5-9-17(15)25-21)11-18-24(29)26(2)12-20(28)27(18)22;1-25-9-8-14-16(11-26(2)22(14)25)21-20-15(13-6-4-5-7-17(13)24-20)10-18-23(30)27(3)12-19(29)28(18)21;1-23-10-17(25)24-15(20(23)26)9-13-12-4-2-3-5-14(12)22-18(13)19(24)16-8-11-6-7-27-21(11)28-16/h3*3-10,18,22,25H,11-12H2,1-2H3;4-9,11,18,21,24H,10,12H2,1-3H3;2-8,15,19,22H,9-10H2,1H3/t2*18-,22+;18-,22-;18-,21-;15-,19-/m10111/s1. The third kappa shape index (κ3) is 14.2. The number of aromatic amines is 5. The average Bonchev–Trinajstić information content (AvgIpc) is 1.58. The van der Waals surface area contributed by atoms with Gasteiger partial charge >= 0.3 is 0 Å². The number of aromatic nitrogens is 7. The molecule has 28 nitrogen and oxygen atoms in total. The van der Waals surface area contributed by atoms with Crippen molar-refractivity contribution in [1.82, 2.24) is 83.1 Å². The number of rotatable bonds is 5. The molecule has 148 heavy (non-hydrogen) atoms. The van der Waals surface area contributed by atoms with Crippen LogP contribution in [-0.4, -0.2) is 240 Å². The molecule has 12 aromatic heterocycles. The number of piperazine rings is 5. The lowest BCUT2D eigenvalue weighted by Gasteiger charge is -2.46. The monoisotopic (exact) mass is 2040 g/mol. The van der Waals surface area contributed by atoms with E-state index in [1.54, 1.807) is 105 Å². The van der Waals surface area contributed by atoms with Crippen LogP contribution in [-0.2, 0) is 94.1 Å². The first-order valence-corrected chi connectivity index (χ1v) is 53.3. The van der Waals surface area contributed by atoms with Gasteiger partial charge in [-0.2, -0.15) is 0 Å². The Bertz CT molecular complexity index is 8550. The first kappa shape index (κ1) is 92.0. The predicted molar refractivity (Wildman–Crippen MR) is 576 cm³/mol. The molecule has 5 saturated heterocycles. The number of nitrogens with zero attached hydrogens (tertiary/aromatic N) is 12. The summed E-state index contributed by atoms with van der Waals surface area (Å²) in [5.74, 6) is 0.0694. The first-order chi connectivity index (χ1) is 71.7. The van der Waals surface area contributed by atoms with Crippen molar-refractivity contribution < 1.29 is 52.4 Å². The van der Waals surface area contributed by atoms with Crippen molar-refractivity contribution in [3.8, 4) is 0 Å². The highest BCUT2D eigenvalue weighted by atomic mass is 32.1. The van der Waals surface area contributed by atoms with Crippen LogP contribution in [0.4, 0.5) is 0 Å². The number of likely N-dealkylation sites (N-methyl/N-ethyl adjacent to an activating group) is 5. The van der Waals surface area contributed by atoms with Gasteiger partial charge < -0.3 is 87.5 Å². The van der Waals surface area contributed by atoms with Gasteiger partial charge in [0.05, 0.1) is 39.0 Å². The molecule has 22 heterocycles. The Labute approximate surface area is 864 Å². The topological polar surface area (TPSA) is 305 Å². The highest BCUT2D eigenvalue weighted by Crippen LogP contribution is 2.55. The van der Waals surface area contributed by atoms with Crippen molar-refractivity contribution in [2.24, 2.45) is 14.1 Å². The maximum absolute atomic E-state index is 13.2. The van der Waals surface area contributed by atoms with E-state index in [4.69, 9.17) is 4.42 Å². The number of furan rings is 1. The first-order valence-electron chi connectivity index (χ1n) is 50.0. The Morgan fingerprint density at radius 2 is 0.561 bits per heavy atom. The second-order valence-corrected chi connectivity index (χ2v) is 45.1. The van der Waals surface area contributed by atoms with E-state index < -0.39 is 30.2 Å². The van der Waals surface area contributed by atoms with Gasteiger partial charge in [-0.3, -0.25) is 47.9 Å². The number of hydrogen-bond donors (Lipinski definition) is 5. The maximum Gasteiger partial charge on any atom is 0.245 e. The molecule has 30 rings (SSSR count). The molecule has 32 heteroatoms. The number of fused-ring (bicyclic) bond motifs is 25. The molecule has 5 fully saturated rings. The normalized spacial score (nSPS) is 21.6. The van der Waals surface area contributed by atoms with Crippen molar-refractivity contribution in [2.45, 2.75) is 113 Å². The molecule has 10 atom stereocenters. The van der Waals surface area contributed by atoms with Crippen LogP contribution in [0.25, 0.3) is 106 Å². The zero-order valence-electron chi connectivity index (χ0n) is 82.8. The molecule has 0 saturated carbocycles. The van der Waals surface area contributed by atoms with Crippen LogP contribution in [0.2, 0.25) is 0 Å². The van der Waals surface area contributed by atoms with E-state index in [-0.39, 0.29) is 122 Å². The fraction of sp³-hybridized carbons (Fsp3) is 0.259. The summed E-state index contributed by atoms with van der Waals surface area (Å²) in [7, 11) is 12.6. The van der Waals surface area contributed by atoms with Crippen molar-refractivity contribution >= 4 is 211 Å². The number of hydrogen-bond acceptors (Lipinski definition) is 15. The van der Waals surface area contributed by atoms with Gasteiger partial charge in [-0.15, -0.1) is 45.3 Å². The Morgan fingerprint density at radius 1 is 0.291 bits per heavy atom. The molecule has 0 aliphatic carbocycles. The Hall–Kier alpha value is -15.9. The molecule has 10 amide bonds. The third-order valence-electron chi connectivity index (χ3n) is 32.4.